The van der Waals surface area contributed by atoms with Crippen molar-refractivity contribution < 1.29 is 27.4 Å². The van der Waals surface area contributed by atoms with Gasteiger partial charge in [-0.2, -0.15) is 13.2 Å². The average molecular weight is 430 g/mol. The minimum atomic E-state index is -4.58. The number of fused-ring (bicyclic) bond motifs is 1. The molecule has 5 nitrogen and oxygen atoms in total. The molecule has 0 aliphatic carbocycles. The van der Waals surface area contributed by atoms with Gasteiger partial charge in [0.2, 0.25) is 0 Å². The first kappa shape index (κ1) is 21.1. The Kier molecular flexibility index (Phi) is 5.82. The van der Waals surface area contributed by atoms with Crippen molar-refractivity contribution in [1.82, 2.24) is 9.88 Å². The van der Waals surface area contributed by atoms with Gasteiger partial charge < -0.3 is 14.4 Å². The van der Waals surface area contributed by atoms with E-state index in [1.807, 2.05) is 31.2 Å². The Morgan fingerprint density at radius 1 is 1.13 bits per heavy atom. The van der Waals surface area contributed by atoms with Crippen LogP contribution < -0.4 is 4.74 Å². The molecule has 2 aromatic carbocycles. The number of ether oxygens (including phenoxy) is 2. The van der Waals surface area contributed by atoms with E-state index in [9.17, 15) is 18.0 Å². The molecule has 1 aromatic heterocycles. The van der Waals surface area contributed by atoms with Gasteiger partial charge in [0, 0.05) is 24.7 Å². The topological polar surface area (TPSA) is 51.7 Å². The number of aryl methyl sites for hydroxylation is 1. The van der Waals surface area contributed by atoms with Crippen molar-refractivity contribution in [3.63, 3.8) is 0 Å². The van der Waals surface area contributed by atoms with Crippen molar-refractivity contribution in [1.29, 1.82) is 0 Å². The third kappa shape index (κ3) is 4.64. The fourth-order valence-electron chi connectivity index (χ4n) is 3.52. The molecule has 1 saturated heterocycles. The second-order valence-electron chi connectivity index (χ2n) is 7.35. The number of aromatic nitrogens is 1. The number of alkyl halides is 3. The van der Waals surface area contributed by atoms with E-state index in [4.69, 9.17) is 9.47 Å². The van der Waals surface area contributed by atoms with Crippen LogP contribution in [0.4, 0.5) is 13.2 Å². The SMILES string of the molecule is Cc1ccc(-c2cc(OCC(=O)N3CCOCC3)c3c(C(F)(F)F)cccc3n2)cc1. The van der Waals surface area contributed by atoms with Crippen molar-refractivity contribution in [3.05, 3.63) is 59.7 Å². The number of pyridine rings is 1. The van der Waals surface area contributed by atoms with Gasteiger partial charge in [0.25, 0.3) is 5.91 Å². The van der Waals surface area contributed by atoms with E-state index < -0.39 is 11.7 Å². The van der Waals surface area contributed by atoms with Gasteiger partial charge in [0.1, 0.15) is 5.75 Å². The molecule has 162 valence electrons. The Bertz CT molecular complexity index is 1090. The predicted molar refractivity (Wildman–Crippen MR) is 110 cm³/mol. The van der Waals surface area contributed by atoms with Crippen molar-refractivity contribution in [2.45, 2.75) is 13.1 Å². The second kappa shape index (κ2) is 8.55. The molecule has 0 unspecified atom stereocenters. The van der Waals surface area contributed by atoms with E-state index in [1.54, 1.807) is 4.90 Å². The van der Waals surface area contributed by atoms with Gasteiger partial charge >= 0.3 is 6.18 Å². The number of carbonyl (C=O) groups is 1. The molecule has 1 fully saturated rings. The Balaban J connectivity index is 1.75. The fourth-order valence-corrected chi connectivity index (χ4v) is 3.52. The summed E-state index contributed by atoms with van der Waals surface area (Å²) >= 11 is 0. The molecular weight excluding hydrogens is 409 g/mol. The predicted octanol–water partition coefficient (Wildman–Crippen LogP) is 4.47. The van der Waals surface area contributed by atoms with Crippen LogP contribution in [-0.2, 0) is 15.7 Å². The van der Waals surface area contributed by atoms with E-state index in [0.717, 1.165) is 17.2 Å². The summed E-state index contributed by atoms with van der Waals surface area (Å²) in [7, 11) is 0. The zero-order chi connectivity index (χ0) is 22.0. The van der Waals surface area contributed by atoms with Gasteiger partial charge in [0.15, 0.2) is 6.61 Å². The zero-order valence-corrected chi connectivity index (χ0v) is 16.9. The van der Waals surface area contributed by atoms with Crippen molar-refractivity contribution in [2.24, 2.45) is 0 Å². The monoisotopic (exact) mass is 430 g/mol. The molecule has 0 atom stereocenters. The number of morpholine rings is 1. The van der Waals surface area contributed by atoms with Crippen molar-refractivity contribution >= 4 is 16.8 Å². The largest absolute Gasteiger partial charge is 0.483 e. The first-order chi connectivity index (χ1) is 14.8. The molecule has 8 heteroatoms. The number of carbonyl (C=O) groups excluding carboxylic acids is 1. The molecule has 2 heterocycles. The fraction of sp³-hybridized carbons (Fsp3) is 0.304. The molecule has 3 aromatic rings. The van der Waals surface area contributed by atoms with Crippen molar-refractivity contribution in [3.8, 4) is 17.0 Å². The molecule has 1 aliphatic heterocycles. The molecule has 0 radical (unpaired) electrons. The average Bonchev–Trinajstić information content (AvgIpc) is 2.77. The standard InChI is InChI=1S/C23H21F3N2O3/c1-15-5-7-16(8-6-15)19-13-20(31-14-21(29)28-9-11-30-12-10-28)22-17(23(24,25)26)3-2-4-18(22)27-19/h2-8,13H,9-12,14H2,1H3. The van der Waals surface area contributed by atoms with Crippen LogP contribution in [0, 0.1) is 6.92 Å². The summed E-state index contributed by atoms with van der Waals surface area (Å²) in [4.78, 5) is 18.5. The first-order valence-electron chi connectivity index (χ1n) is 9.89. The Labute approximate surface area is 177 Å². The molecule has 31 heavy (non-hydrogen) atoms. The molecule has 0 spiro atoms. The highest BCUT2D eigenvalue weighted by Crippen LogP contribution is 2.40. The van der Waals surface area contributed by atoms with Crippen LogP contribution in [-0.4, -0.2) is 48.7 Å². The van der Waals surface area contributed by atoms with E-state index in [2.05, 4.69) is 4.98 Å². The number of benzene rings is 2. The summed E-state index contributed by atoms with van der Waals surface area (Å²) in [5.74, 6) is -0.315. The van der Waals surface area contributed by atoms with E-state index in [-0.39, 0.29) is 29.2 Å². The van der Waals surface area contributed by atoms with Crippen LogP contribution in [0.3, 0.4) is 0 Å². The summed E-state index contributed by atoms with van der Waals surface area (Å²) in [6.07, 6.45) is -4.58. The maximum atomic E-state index is 13.7. The smallest absolute Gasteiger partial charge is 0.417 e. The summed E-state index contributed by atoms with van der Waals surface area (Å²) < 4.78 is 52.0. The van der Waals surface area contributed by atoms with Gasteiger partial charge in [-0.15, -0.1) is 0 Å². The molecule has 0 bridgehead atoms. The van der Waals surface area contributed by atoms with Gasteiger partial charge in [-0.05, 0) is 19.1 Å². The quantitative estimate of drug-likeness (QED) is 0.613. The second-order valence-corrected chi connectivity index (χ2v) is 7.35. The maximum absolute atomic E-state index is 13.7. The Hall–Kier alpha value is -3.13. The first-order valence-corrected chi connectivity index (χ1v) is 9.89. The van der Waals surface area contributed by atoms with Gasteiger partial charge in [0.05, 0.1) is 35.4 Å². The third-order valence-corrected chi connectivity index (χ3v) is 5.17. The van der Waals surface area contributed by atoms with Gasteiger partial charge in [-0.3, -0.25) is 4.79 Å². The minimum Gasteiger partial charge on any atom is -0.483 e. The van der Waals surface area contributed by atoms with Crippen LogP contribution >= 0.6 is 0 Å². The molecule has 1 aliphatic rings. The molecular formula is C23H21F3N2O3. The normalized spacial score (nSPS) is 14.6. The van der Waals surface area contributed by atoms with Crippen LogP contribution in [0.2, 0.25) is 0 Å². The molecule has 0 saturated carbocycles. The number of nitrogens with zero attached hydrogens (tertiary/aromatic N) is 2. The summed E-state index contributed by atoms with van der Waals surface area (Å²) in [6, 6.07) is 12.8. The highest BCUT2D eigenvalue weighted by atomic mass is 19.4. The number of halogens is 3. The van der Waals surface area contributed by atoms with E-state index >= 15 is 0 Å². The Morgan fingerprint density at radius 3 is 2.52 bits per heavy atom. The van der Waals surface area contributed by atoms with Crippen LogP contribution in [0.25, 0.3) is 22.2 Å². The molecule has 0 N–H and O–H groups in total. The van der Waals surface area contributed by atoms with Crippen LogP contribution in [0.15, 0.2) is 48.5 Å². The third-order valence-electron chi connectivity index (χ3n) is 5.17. The van der Waals surface area contributed by atoms with Gasteiger partial charge in [-0.1, -0.05) is 35.9 Å². The van der Waals surface area contributed by atoms with Gasteiger partial charge in [-0.25, -0.2) is 4.98 Å². The maximum Gasteiger partial charge on any atom is 0.417 e. The lowest BCUT2D eigenvalue weighted by atomic mass is 10.0. The number of amides is 1. The molecule has 4 rings (SSSR count). The number of hydrogen-bond acceptors (Lipinski definition) is 4. The zero-order valence-electron chi connectivity index (χ0n) is 16.9. The van der Waals surface area contributed by atoms with E-state index in [0.29, 0.717) is 32.0 Å². The summed E-state index contributed by atoms with van der Waals surface area (Å²) in [6.45, 7) is 3.31. The number of rotatable bonds is 4. The van der Waals surface area contributed by atoms with Crippen LogP contribution in [0.5, 0.6) is 5.75 Å². The summed E-state index contributed by atoms with van der Waals surface area (Å²) in [5.41, 5.74) is 1.58. The lowest BCUT2D eigenvalue weighted by Gasteiger charge is -2.27. The number of hydrogen-bond donors (Lipinski definition) is 0. The highest BCUT2D eigenvalue weighted by Gasteiger charge is 2.34. The highest BCUT2D eigenvalue weighted by molar-refractivity contribution is 5.91. The Morgan fingerprint density at radius 2 is 1.84 bits per heavy atom. The van der Waals surface area contributed by atoms with Crippen molar-refractivity contribution in [2.75, 3.05) is 32.9 Å². The van der Waals surface area contributed by atoms with E-state index in [1.165, 1.54) is 18.2 Å². The van der Waals surface area contributed by atoms with Crippen LogP contribution in [0.1, 0.15) is 11.1 Å². The molecule has 1 amide bonds. The summed E-state index contributed by atoms with van der Waals surface area (Å²) in [5, 5.41) is -0.152. The minimum absolute atomic E-state index is 0.0184. The lowest BCUT2D eigenvalue weighted by Crippen LogP contribution is -2.43. The lowest BCUT2D eigenvalue weighted by molar-refractivity contribution is -0.137.